The number of carboxylic acid groups (broad SMARTS) is 2. The molecule has 0 spiro atoms. The quantitative estimate of drug-likeness (QED) is 0.180. The summed E-state index contributed by atoms with van der Waals surface area (Å²) in [5.74, 6) is -3.35. The van der Waals surface area contributed by atoms with Gasteiger partial charge in [-0.05, 0) is 35.4 Å². The molecule has 229 valence electrons. The van der Waals surface area contributed by atoms with Crippen molar-refractivity contribution in [3.8, 4) is 0 Å². The number of carbonyl (C=O) groups excluding carboxylic acids is 6. The van der Waals surface area contributed by atoms with Crippen molar-refractivity contribution in [3.63, 3.8) is 0 Å². The Hall–Kier alpha value is -5.60. The molecule has 0 unspecified atom stereocenters. The molecule has 15 heteroatoms. The number of aromatic nitrogens is 2. The summed E-state index contributed by atoms with van der Waals surface area (Å²) in [5, 5.41) is 20.4. The number of nitrogens with zero attached hydrogens (tertiary/aromatic N) is 2. The van der Waals surface area contributed by atoms with E-state index in [2.05, 4.69) is 9.97 Å². The van der Waals surface area contributed by atoms with Gasteiger partial charge in [-0.1, -0.05) is 48.5 Å². The second-order valence-corrected chi connectivity index (χ2v) is 7.27. The maximum absolute atomic E-state index is 10.4. The van der Waals surface area contributed by atoms with Crippen LogP contribution in [0.1, 0.15) is 62.1 Å². The molecule has 4 aromatic rings. The molecule has 4 rings (SSSR count). The van der Waals surface area contributed by atoms with Crippen LogP contribution in [0.3, 0.4) is 0 Å². The van der Waals surface area contributed by atoms with Gasteiger partial charge < -0.3 is 42.2 Å². The Kier molecular flexibility index (Phi) is 22.5. The summed E-state index contributed by atoms with van der Waals surface area (Å²) in [5.41, 5.74) is 11.8. The Balaban J connectivity index is -0.000000487. The second-order valence-electron chi connectivity index (χ2n) is 7.27. The van der Waals surface area contributed by atoms with Crippen molar-refractivity contribution < 1.29 is 67.0 Å². The number of hydrogen-bond acceptors (Lipinski definition) is 10. The van der Waals surface area contributed by atoms with Crippen molar-refractivity contribution in [3.05, 3.63) is 131 Å². The zero-order valence-electron chi connectivity index (χ0n) is 22.0. The van der Waals surface area contributed by atoms with Gasteiger partial charge in [0.1, 0.15) is 12.6 Å². The van der Waals surface area contributed by atoms with Crippen LogP contribution in [-0.2, 0) is 17.1 Å². The van der Waals surface area contributed by atoms with Crippen molar-refractivity contribution in [2.24, 2.45) is 11.5 Å². The zero-order valence-corrected chi connectivity index (χ0v) is 23.0. The predicted molar refractivity (Wildman–Crippen MR) is 145 cm³/mol. The minimum absolute atomic E-state index is 0. The number of amides is 2. The Morgan fingerprint density at radius 3 is 1.02 bits per heavy atom. The number of carbonyl (C=O) groups is 6. The number of rotatable bonds is 6. The van der Waals surface area contributed by atoms with E-state index < -0.39 is 23.8 Å². The molecule has 0 fully saturated rings. The third kappa shape index (κ3) is 17.0. The molecule has 0 aliphatic rings. The topological polar surface area (TPSA) is 289 Å². The van der Waals surface area contributed by atoms with Crippen LogP contribution in [0.25, 0.3) is 0 Å². The molecular weight excluding hydrogens is 616 g/mol. The minimum Gasteiger partial charge on any atom is -0.545 e. The monoisotopic (exact) mass is 641 g/mol. The Morgan fingerprint density at radius 1 is 0.558 bits per heavy atom. The molecule has 2 aromatic heterocycles. The van der Waals surface area contributed by atoms with Gasteiger partial charge >= 0.3 is 17.1 Å². The maximum Gasteiger partial charge on any atom is 2.00 e. The first-order valence-corrected chi connectivity index (χ1v) is 11.0. The van der Waals surface area contributed by atoms with Crippen LogP contribution in [0.2, 0.25) is 0 Å². The number of primary amides is 2. The van der Waals surface area contributed by atoms with E-state index in [9.17, 15) is 39.0 Å². The van der Waals surface area contributed by atoms with Gasteiger partial charge in [0.15, 0.2) is 0 Å². The van der Waals surface area contributed by atoms with Crippen molar-refractivity contribution in [2.75, 3.05) is 0 Å². The third-order valence-corrected chi connectivity index (χ3v) is 4.46. The van der Waals surface area contributed by atoms with Crippen LogP contribution < -0.4 is 21.7 Å². The number of hydrogen-bond donors (Lipinski definition) is 2. The summed E-state index contributed by atoms with van der Waals surface area (Å²) in [6.07, 6.45) is 7.35. The first-order valence-electron chi connectivity index (χ1n) is 11.0. The van der Waals surface area contributed by atoms with E-state index in [1.165, 1.54) is 60.9 Å². The molecule has 43 heavy (non-hydrogen) atoms. The van der Waals surface area contributed by atoms with Crippen LogP contribution in [-0.4, -0.2) is 57.2 Å². The summed E-state index contributed by atoms with van der Waals surface area (Å²) in [6.45, 7) is 0. The standard InChI is InChI=1S/2C8H6O3.2C6H6N2O.Cu.2H2O/c2*9-5-6-1-3-7(4-2-6)8(10)11;2*7-6(9)5-2-1-3-8-4-5;;;/h2*1-5H,(H,10,11);2*1-4H,(H2,7,9);;2*1H2/q;;;;+2;;/p-2. The normalized spacial score (nSPS) is 8.37. The smallest absolute Gasteiger partial charge is 0.545 e. The molecule has 0 aliphatic carbocycles. The SMILES string of the molecule is NC(=O)c1cccnc1.NC(=O)c1cccnc1.O.O.O=Cc1ccc(C(=O)[O-])cc1.O=Cc1ccc(C(=O)[O-])cc1.[Cu+2]. The van der Waals surface area contributed by atoms with Gasteiger partial charge in [0, 0.05) is 35.9 Å². The number of carboxylic acids is 2. The number of nitrogens with two attached hydrogens (primary N) is 2. The Labute approximate surface area is 255 Å². The average Bonchev–Trinajstić information content (AvgIpc) is 2.99. The van der Waals surface area contributed by atoms with Gasteiger partial charge in [-0.2, -0.15) is 0 Å². The number of aldehydes is 2. The third-order valence-electron chi connectivity index (χ3n) is 4.46. The van der Waals surface area contributed by atoms with Crippen molar-refractivity contribution in [1.29, 1.82) is 0 Å². The molecule has 1 radical (unpaired) electrons. The minimum atomic E-state index is -1.23. The summed E-state index contributed by atoms with van der Waals surface area (Å²) in [7, 11) is 0. The fourth-order valence-corrected chi connectivity index (χ4v) is 2.41. The summed E-state index contributed by atoms with van der Waals surface area (Å²) in [6, 6.07) is 17.6. The van der Waals surface area contributed by atoms with E-state index in [0.717, 1.165) is 0 Å². The number of aromatic carboxylic acids is 2. The molecule has 0 saturated carbocycles. The van der Waals surface area contributed by atoms with Crippen molar-refractivity contribution in [2.45, 2.75) is 0 Å². The zero-order chi connectivity index (χ0) is 29.9. The van der Waals surface area contributed by atoms with Crippen LogP contribution >= 0.6 is 0 Å². The van der Waals surface area contributed by atoms with Crippen LogP contribution in [0.15, 0.2) is 97.6 Å². The number of pyridine rings is 2. The van der Waals surface area contributed by atoms with E-state index in [4.69, 9.17) is 11.5 Å². The molecular formula is C28H26CuN4O10. The van der Waals surface area contributed by atoms with E-state index >= 15 is 0 Å². The molecule has 14 nitrogen and oxygen atoms in total. The second kappa shape index (κ2) is 23.1. The molecule has 2 amide bonds. The molecule has 0 saturated heterocycles. The molecule has 0 atom stereocenters. The van der Waals surface area contributed by atoms with Crippen LogP contribution in [0, 0.1) is 0 Å². The van der Waals surface area contributed by atoms with Crippen LogP contribution in [0.5, 0.6) is 0 Å². The van der Waals surface area contributed by atoms with Crippen molar-refractivity contribution >= 4 is 36.3 Å². The Morgan fingerprint density at radius 2 is 0.860 bits per heavy atom. The Bertz CT molecular complexity index is 1310. The van der Waals surface area contributed by atoms with Gasteiger partial charge in [-0.15, -0.1) is 0 Å². The van der Waals surface area contributed by atoms with Gasteiger partial charge in [0.25, 0.3) is 0 Å². The summed E-state index contributed by atoms with van der Waals surface area (Å²) in [4.78, 5) is 68.8. The van der Waals surface area contributed by atoms with Crippen molar-refractivity contribution in [1.82, 2.24) is 9.97 Å². The molecule has 8 N–H and O–H groups in total. The fourth-order valence-electron chi connectivity index (χ4n) is 2.41. The van der Waals surface area contributed by atoms with E-state index in [0.29, 0.717) is 34.8 Å². The van der Waals surface area contributed by atoms with Gasteiger partial charge in [0.05, 0.1) is 23.1 Å². The first kappa shape index (κ1) is 41.9. The molecule has 2 heterocycles. The maximum atomic E-state index is 10.4. The van der Waals surface area contributed by atoms with Gasteiger partial charge in [-0.3, -0.25) is 29.1 Å². The molecule has 0 aliphatic heterocycles. The van der Waals surface area contributed by atoms with E-state index in [1.54, 1.807) is 36.7 Å². The largest absolute Gasteiger partial charge is 2.00 e. The van der Waals surface area contributed by atoms with E-state index in [-0.39, 0.29) is 39.1 Å². The summed E-state index contributed by atoms with van der Waals surface area (Å²) < 4.78 is 0. The number of benzene rings is 2. The predicted octanol–water partition coefficient (Wildman–Crippen LogP) is -1.57. The van der Waals surface area contributed by atoms with Gasteiger partial charge in [0.2, 0.25) is 11.8 Å². The van der Waals surface area contributed by atoms with Crippen LogP contribution in [0.4, 0.5) is 0 Å². The average molecular weight is 642 g/mol. The first-order chi connectivity index (χ1) is 19.1. The summed E-state index contributed by atoms with van der Waals surface area (Å²) >= 11 is 0. The van der Waals surface area contributed by atoms with E-state index in [1.807, 2.05) is 0 Å². The fraction of sp³-hybridized carbons (Fsp3) is 0. The van der Waals surface area contributed by atoms with Gasteiger partial charge in [-0.25, -0.2) is 0 Å². The molecule has 0 bridgehead atoms. The molecule has 2 aromatic carbocycles.